The van der Waals surface area contributed by atoms with Gasteiger partial charge in [-0.1, -0.05) is 38.6 Å². The predicted molar refractivity (Wildman–Crippen MR) is 60.5 cm³/mol. The second-order valence-corrected chi connectivity index (χ2v) is 3.96. The van der Waals surface area contributed by atoms with Gasteiger partial charge in [0.05, 0.1) is 0 Å². The Kier molecular flexibility index (Phi) is 3.34. The predicted octanol–water partition coefficient (Wildman–Crippen LogP) is 3.67. The molecule has 0 amide bonds. The maximum absolute atomic E-state index is 5.89. The molecule has 0 aromatic heterocycles. The zero-order valence-corrected chi connectivity index (χ0v) is 9.16. The molecule has 76 valence electrons. The third-order valence-corrected chi connectivity index (χ3v) is 2.63. The summed E-state index contributed by atoms with van der Waals surface area (Å²) in [6, 6.07) is 9.85. The van der Waals surface area contributed by atoms with Gasteiger partial charge in [-0.25, -0.2) is 0 Å². The van der Waals surface area contributed by atoms with E-state index in [1.165, 1.54) is 0 Å². The molecule has 1 atom stereocenters. The van der Waals surface area contributed by atoms with Crippen molar-refractivity contribution >= 4 is 0 Å². The number of rotatable bonds is 4. The molecule has 0 aliphatic carbocycles. The van der Waals surface area contributed by atoms with Crippen LogP contribution in [-0.4, -0.2) is 5.60 Å². The number of ether oxygens (including phenoxy) is 1. The standard InChI is InChI=1S/C13H18O/c1-5-13(4,11(2)3)14-12-9-7-6-8-10-12/h5-11H,1H2,2-4H3. The molecule has 1 nitrogen and oxygen atoms in total. The molecule has 0 N–H and O–H groups in total. The van der Waals surface area contributed by atoms with E-state index in [1.54, 1.807) is 0 Å². The summed E-state index contributed by atoms with van der Waals surface area (Å²) in [6.45, 7) is 10.1. The Balaban J connectivity index is 2.81. The average molecular weight is 190 g/mol. The van der Waals surface area contributed by atoms with Gasteiger partial charge in [0.15, 0.2) is 0 Å². The SMILES string of the molecule is C=CC(C)(Oc1ccccc1)C(C)C. The molecule has 14 heavy (non-hydrogen) atoms. The fourth-order valence-electron chi connectivity index (χ4n) is 1.14. The van der Waals surface area contributed by atoms with Crippen LogP contribution in [0.5, 0.6) is 5.75 Å². The second kappa shape index (κ2) is 4.32. The number of para-hydroxylation sites is 1. The van der Waals surface area contributed by atoms with Crippen LogP contribution < -0.4 is 4.74 Å². The molecule has 0 radical (unpaired) electrons. The molecular formula is C13H18O. The summed E-state index contributed by atoms with van der Waals surface area (Å²) in [7, 11) is 0. The summed E-state index contributed by atoms with van der Waals surface area (Å²) in [5.41, 5.74) is -0.290. The largest absolute Gasteiger partial charge is 0.483 e. The Morgan fingerprint density at radius 2 is 1.86 bits per heavy atom. The Morgan fingerprint density at radius 3 is 2.29 bits per heavy atom. The summed E-state index contributed by atoms with van der Waals surface area (Å²) < 4.78 is 5.89. The first-order valence-electron chi connectivity index (χ1n) is 4.96. The van der Waals surface area contributed by atoms with Gasteiger partial charge < -0.3 is 4.74 Å². The highest BCUT2D eigenvalue weighted by atomic mass is 16.5. The van der Waals surface area contributed by atoms with E-state index < -0.39 is 0 Å². The van der Waals surface area contributed by atoms with Crippen LogP contribution in [0.4, 0.5) is 0 Å². The van der Waals surface area contributed by atoms with E-state index in [9.17, 15) is 0 Å². The molecule has 0 bridgehead atoms. The Hall–Kier alpha value is -1.24. The van der Waals surface area contributed by atoms with Gasteiger partial charge in [-0.15, -0.1) is 0 Å². The lowest BCUT2D eigenvalue weighted by atomic mass is 9.92. The van der Waals surface area contributed by atoms with Crippen molar-refractivity contribution in [1.82, 2.24) is 0 Å². The molecule has 1 heteroatoms. The highest BCUT2D eigenvalue weighted by molar-refractivity contribution is 5.23. The lowest BCUT2D eigenvalue weighted by Gasteiger charge is -2.31. The molecule has 0 saturated carbocycles. The van der Waals surface area contributed by atoms with E-state index in [2.05, 4.69) is 27.4 Å². The van der Waals surface area contributed by atoms with E-state index in [0.717, 1.165) is 5.75 Å². The van der Waals surface area contributed by atoms with Crippen molar-refractivity contribution in [3.63, 3.8) is 0 Å². The summed E-state index contributed by atoms with van der Waals surface area (Å²) in [5, 5.41) is 0. The summed E-state index contributed by atoms with van der Waals surface area (Å²) >= 11 is 0. The molecule has 1 aromatic rings. The monoisotopic (exact) mass is 190 g/mol. The second-order valence-electron chi connectivity index (χ2n) is 3.96. The minimum absolute atomic E-state index is 0.290. The first-order valence-corrected chi connectivity index (χ1v) is 4.96. The van der Waals surface area contributed by atoms with Crippen molar-refractivity contribution in [1.29, 1.82) is 0 Å². The topological polar surface area (TPSA) is 9.23 Å². The van der Waals surface area contributed by atoms with E-state index in [-0.39, 0.29) is 5.60 Å². The van der Waals surface area contributed by atoms with E-state index >= 15 is 0 Å². The van der Waals surface area contributed by atoms with Crippen LogP contribution in [0.2, 0.25) is 0 Å². The average Bonchev–Trinajstić information content (AvgIpc) is 2.19. The van der Waals surface area contributed by atoms with E-state index in [0.29, 0.717) is 5.92 Å². The van der Waals surface area contributed by atoms with Crippen LogP contribution in [0.1, 0.15) is 20.8 Å². The summed E-state index contributed by atoms with van der Waals surface area (Å²) in [5.74, 6) is 1.30. The first-order chi connectivity index (χ1) is 6.58. The van der Waals surface area contributed by atoms with Crippen LogP contribution in [0.15, 0.2) is 43.0 Å². The zero-order chi connectivity index (χ0) is 10.6. The minimum Gasteiger partial charge on any atom is -0.483 e. The minimum atomic E-state index is -0.290. The van der Waals surface area contributed by atoms with Crippen LogP contribution >= 0.6 is 0 Å². The smallest absolute Gasteiger partial charge is 0.126 e. The highest BCUT2D eigenvalue weighted by Crippen LogP contribution is 2.25. The van der Waals surface area contributed by atoms with Gasteiger partial charge in [0.25, 0.3) is 0 Å². The van der Waals surface area contributed by atoms with Crippen molar-refractivity contribution in [2.24, 2.45) is 5.92 Å². The lowest BCUT2D eigenvalue weighted by molar-refractivity contribution is 0.0903. The van der Waals surface area contributed by atoms with Crippen molar-refractivity contribution in [2.75, 3.05) is 0 Å². The molecule has 0 fully saturated rings. The van der Waals surface area contributed by atoms with Gasteiger partial charge >= 0.3 is 0 Å². The molecular weight excluding hydrogens is 172 g/mol. The maximum Gasteiger partial charge on any atom is 0.126 e. The van der Waals surface area contributed by atoms with E-state index in [1.807, 2.05) is 36.4 Å². The van der Waals surface area contributed by atoms with Gasteiger partial charge in [0, 0.05) is 0 Å². The molecule has 1 aromatic carbocycles. The third kappa shape index (κ3) is 2.38. The Morgan fingerprint density at radius 1 is 1.29 bits per heavy atom. The summed E-state index contributed by atoms with van der Waals surface area (Å²) in [4.78, 5) is 0. The zero-order valence-electron chi connectivity index (χ0n) is 9.16. The molecule has 0 heterocycles. The molecule has 0 aliphatic rings. The quantitative estimate of drug-likeness (QED) is 0.658. The van der Waals surface area contributed by atoms with Crippen molar-refractivity contribution < 1.29 is 4.74 Å². The Bertz CT molecular complexity index is 289. The molecule has 0 spiro atoms. The lowest BCUT2D eigenvalue weighted by Crippen LogP contribution is -2.35. The molecule has 1 unspecified atom stereocenters. The van der Waals surface area contributed by atoms with Gasteiger partial charge in [-0.05, 0) is 31.1 Å². The highest BCUT2D eigenvalue weighted by Gasteiger charge is 2.26. The van der Waals surface area contributed by atoms with Crippen molar-refractivity contribution in [3.05, 3.63) is 43.0 Å². The number of benzene rings is 1. The van der Waals surface area contributed by atoms with Crippen LogP contribution in [-0.2, 0) is 0 Å². The van der Waals surface area contributed by atoms with Crippen LogP contribution in [0.25, 0.3) is 0 Å². The normalized spacial score (nSPS) is 14.9. The third-order valence-electron chi connectivity index (χ3n) is 2.63. The van der Waals surface area contributed by atoms with Crippen molar-refractivity contribution in [2.45, 2.75) is 26.4 Å². The van der Waals surface area contributed by atoms with Crippen LogP contribution in [0.3, 0.4) is 0 Å². The van der Waals surface area contributed by atoms with Gasteiger partial charge in [-0.3, -0.25) is 0 Å². The fourth-order valence-corrected chi connectivity index (χ4v) is 1.14. The van der Waals surface area contributed by atoms with E-state index in [4.69, 9.17) is 4.74 Å². The first kappa shape index (κ1) is 10.8. The molecule has 0 saturated heterocycles. The maximum atomic E-state index is 5.89. The van der Waals surface area contributed by atoms with Crippen molar-refractivity contribution in [3.8, 4) is 5.75 Å². The molecule has 1 rings (SSSR count). The van der Waals surface area contributed by atoms with Crippen LogP contribution in [0, 0.1) is 5.92 Å². The van der Waals surface area contributed by atoms with Gasteiger partial charge in [-0.2, -0.15) is 0 Å². The molecule has 0 aliphatic heterocycles. The Labute approximate surface area is 86.4 Å². The fraction of sp³-hybridized carbons (Fsp3) is 0.385. The number of hydrogen-bond acceptors (Lipinski definition) is 1. The number of hydrogen-bond donors (Lipinski definition) is 0. The summed E-state index contributed by atoms with van der Waals surface area (Å²) in [6.07, 6.45) is 1.87. The van der Waals surface area contributed by atoms with Gasteiger partial charge in [0.2, 0.25) is 0 Å². The van der Waals surface area contributed by atoms with Gasteiger partial charge in [0.1, 0.15) is 11.4 Å².